The number of halogens is 1. The molecule has 4 aromatic rings. The van der Waals surface area contributed by atoms with Crippen molar-refractivity contribution >= 4 is 5.91 Å². The maximum Gasteiger partial charge on any atom is 0.254 e. The molecular weight excluding hydrogens is 383 g/mol. The van der Waals surface area contributed by atoms with Gasteiger partial charge in [-0.25, -0.2) is 14.4 Å². The Bertz CT molecular complexity index is 1200. The van der Waals surface area contributed by atoms with Gasteiger partial charge >= 0.3 is 0 Å². The molecule has 0 aliphatic carbocycles. The predicted octanol–water partition coefficient (Wildman–Crippen LogP) is 4.48. The van der Waals surface area contributed by atoms with Crippen molar-refractivity contribution in [1.29, 1.82) is 0 Å². The molecule has 6 nitrogen and oxygen atoms in total. The van der Waals surface area contributed by atoms with Crippen LogP contribution in [0.1, 0.15) is 27.4 Å². The number of nitrogens with zero attached hydrogens (tertiary/aromatic N) is 3. The molecule has 30 heavy (non-hydrogen) atoms. The molecule has 0 aliphatic rings. The smallest absolute Gasteiger partial charge is 0.254 e. The predicted molar refractivity (Wildman–Crippen MR) is 110 cm³/mol. The number of rotatable bonds is 5. The first-order valence-corrected chi connectivity index (χ1v) is 9.40. The van der Waals surface area contributed by atoms with Crippen LogP contribution in [0.15, 0.2) is 65.3 Å². The fourth-order valence-electron chi connectivity index (χ4n) is 3.06. The zero-order chi connectivity index (χ0) is 21.1. The van der Waals surface area contributed by atoms with Crippen molar-refractivity contribution in [2.24, 2.45) is 0 Å². The molecule has 7 heteroatoms. The molecule has 150 valence electrons. The molecule has 0 saturated carbocycles. The van der Waals surface area contributed by atoms with Gasteiger partial charge in [-0.3, -0.25) is 4.79 Å². The number of carbonyl (C=O) groups is 1. The van der Waals surface area contributed by atoms with E-state index in [1.807, 2.05) is 44.2 Å². The van der Waals surface area contributed by atoms with E-state index in [0.29, 0.717) is 11.6 Å². The third-order valence-corrected chi connectivity index (χ3v) is 4.60. The first-order chi connectivity index (χ1) is 14.5. The molecule has 0 fully saturated rings. The van der Waals surface area contributed by atoms with Crippen LogP contribution in [0.2, 0.25) is 0 Å². The lowest BCUT2D eigenvalue weighted by atomic mass is 10.0. The molecule has 4 rings (SSSR count). The molecule has 0 bridgehead atoms. The number of hydrogen-bond donors (Lipinski definition) is 1. The van der Waals surface area contributed by atoms with Crippen molar-refractivity contribution < 1.29 is 13.7 Å². The maximum absolute atomic E-state index is 13.7. The van der Waals surface area contributed by atoms with Gasteiger partial charge in [-0.05, 0) is 31.5 Å². The SMILES string of the molecule is Cc1cc(-c2cnc(C)nc2-c2ccc(CNC(=O)c3ccccc3F)cc2)on1. The van der Waals surface area contributed by atoms with Crippen molar-refractivity contribution in [3.05, 3.63) is 89.3 Å². The molecule has 0 atom stereocenters. The van der Waals surface area contributed by atoms with Crippen molar-refractivity contribution in [2.75, 3.05) is 0 Å². The lowest BCUT2D eigenvalue weighted by Crippen LogP contribution is -2.23. The van der Waals surface area contributed by atoms with E-state index in [1.54, 1.807) is 18.3 Å². The Morgan fingerprint density at radius 1 is 1.10 bits per heavy atom. The minimum Gasteiger partial charge on any atom is -0.356 e. The Labute approximate surface area is 172 Å². The van der Waals surface area contributed by atoms with E-state index < -0.39 is 11.7 Å². The van der Waals surface area contributed by atoms with Crippen LogP contribution in [0.4, 0.5) is 4.39 Å². The van der Waals surface area contributed by atoms with Gasteiger partial charge in [-0.15, -0.1) is 0 Å². The van der Waals surface area contributed by atoms with Gasteiger partial charge in [-0.2, -0.15) is 0 Å². The van der Waals surface area contributed by atoms with E-state index in [1.165, 1.54) is 12.1 Å². The second-order valence-corrected chi connectivity index (χ2v) is 6.87. The quantitative estimate of drug-likeness (QED) is 0.532. The lowest BCUT2D eigenvalue weighted by Gasteiger charge is -2.09. The van der Waals surface area contributed by atoms with Crippen LogP contribution in [0, 0.1) is 19.7 Å². The summed E-state index contributed by atoms with van der Waals surface area (Å²) in [6.07, 6.45) is 1.72. The number of nitrogens with one attached hydrogen (secondary N) is 1. The monoisotopic (exact) mass is 402 g/mol. The molecule has 2 aromatic heterocycles. The number of amides is 1. The van der Waals surface area contributed by atoms with Crippen molar-refractivity contribution in [3.8, 4) is 22.6 Å². The van der Waals surface area contributed by atoms with Crippen molar-refractivity contribution in [1.82, 2.24) is 20.4 Å². The van der Waals surface area contributed by atoms with Crippen LogP contribution in [0.3, 0.4) is 0 Å². The molecule has 1 amide bonds. The van der Waals surface area contributed by atoms with Gasteiger partial charge in [0.1, 0.15) is 11.6 Å². The maximum atomic E-state index is 13.7. The Hall–Kier alpha value is -3.87. The summed E-state index contributed by atoms with van der Waals surface area (Å²) >= 11 is 0. The number of hydrogen-bond acceptors (Lipinski definition) is 5. The Kier molecular flexibility index (Phi) is 5.34. The molecular formula is C23H19FN4O2. The second-order valence-electron chi connectivity index (χ2n) is 6.87. The molecule has 0 unspecified atom stereocenters. The minimum atomic E-state index is -0.542. The van der Waals surface area contributed by atoms with Crippen LogP contribution < -0.4 is 5.32 Å². The lowest BCUT2D eigenvalue weighted by molar-refractivity contribution is 0.0947. The third-order valence-electron chi connectivity index (χ3n) is 4.60. The van der Waals surface area contributed by atoms with E-state index in [2.05, 4.69) is 20.4 Å². The summed E-state index contributed by atoms with van der Waals surface area (Å²) in [5.41, 5.74) is 4.05. The number of aryl methyl sites for hydroxylation is 2. The third kappa shape index (κ3) is 4.10. The van der Waals surface area contributed by atoms with Gasteiger partial charge in [0.05, 0.1) is 22.5 Å². The van der Waals surface area contributed by atoms with E-state index in [9.17, 15) is 9.18 Å². The van der Waals surface area contributed by atoms with Gasteiger partial charge in [0.2, 0.25) is 0 Å². The van der Waals surface area contributed by atoms with Crippen molar-refractivity contribution in [2.45, 2.75) is 20.4 Å². The molecule has 2 heterocycles. The zero-order valence-corrected chi connectivity index (χ0v) is 16.5. The molecule has 0 spiro atoms. The average Bonchev–Trinajstić information content (AvgIpc) is 3.19. The topological polar surface area (TPSA) is 80.9 Å². The Balaban J connectivity index is 1.54. The Morgan fingerprint density at radius 3 is 2.57 bits per heavy atom. The molecule has 0 saturated heterocycles. The highest BCUT2D eigenvalue weighted by molar-refractivity contribution is 5.94. The van der Waals surface area contributed by atoms with Crippen LogP contribution >= 0.6 is 0 Å². The normalized spacial score (nSPS) is 10.8. The highest BCUT2D eigenvalue weighted by atomic mass is 19.1. The van der Waals surface area contributed by atoms with Crippen LogP contribution in [0.5, 0.6) is 0 Å². The van der Waals surface area contributed by atoms with E-state index >= 15 is 0 Å². The van der Waals surface area contributed by atoms with E-state index in [4.69, 9.17) is 4.52 Å². The van der Waals surface area contributed by atoms with Gasteiger partial charge in [0, 0.05) is 24.4 Å². The molecule has 1 N–H and O–H groups in total. The van der Waals surface area contributed by atoms with Crippen LogP contribution in [-0.2, 0) is 6.54 Å². The van der Waals surface area contributed by atoms with E-state index in [0.717, 1.165) is 28.1 Å². The summed E-state index contributed by atoms with van der Waals surface area (Å²) in [4.78, 5) is 21.0. The van der Waals surface area contributed by atoms with Crippen molar-refractivity contribution in [3.63, 3.8) is 0 Å². The van der Waals surface area contributed by atoms with Crippen LogP contribution in [0.25, 0.3) is 22.6 Å². The fourth-order valence-corrected chi connectivity index (χ4v) is 3.06. The fraction of sp³-hybridized carbons (Fsp3) is 0.130. The average molecular weight is 402 g/mol. The highest BCUT2D eigenvalue weighted by Gasteiger charge is 2.15. The summed E-state index contributed by atoms with van der Waals surface area (Å²) in [6.45, 7) is 3.96. The Morgan fingerprint density at radius 2 is 1.87 bits per heavy atom. The summed E-state index contributed by atoms with van der Waals surface area (Å²) < 4.78 is 19.1. The van der Waals surface area contributed by atoms with E-state index in [-0.39, 0.29) is 12.1 Å². The number of benzene rings is 2. The zero-order valence-electron chi connectivity index (χ0n) is 16.5. The first kappa shape index (κ1) is 19.4. The standard InChI is InChI=1S/C23H19FN4O2/c1-14-11-21(30-28-14)19-13-25-15(2)27-22(19)17-9-7-16(8-10-17)12-26-23(29)18-5-3-4-6-20(18)24/h3-11,13H,12H2,1-2H3,(H,26,29). The summed E-state index contributed by atoms with van der Waals surface area (Å²) in [5, 5.41) is 6.68. The van der Waals surface area contributed by atoms with Gasteiger partial charge in [0.25, 0.3) is 5.91 Å². The minimum absolute atomic E-state index is 0.0255. The first-order valence-electron chi connectivity index (χ1n) is 9.40. The summed E-state index contributed by atoms with van der Waals surface area (Å²) in [5.74, 6) is 0.251. The molecule has 0 aliphatic heterocycles. The molecule has 0 radical (unpaired) electrons. The number of aromatic nitrogens is 3. The second kappa shape index (κ2) is 8.24. The largest absolute Gasteiger partial charge is 0.356 e. The van der Waals surface area contributed by atoms with Crippen LogP contribution in [-0.4, -0.2) is 21.0 Å². The number of carbonyl (C=O) groups excluding carboxylic acids is 1. The summed E-state index contributed by atoms with van der Waals surface area (Å²) in [7, 11) is 0. The van der Waals surface area contributed by atoms with Gasteiger partial charge in [-0.1, -0.05) is 41.6 Å². The summed E-state index contributed by atoms with van der Waals surface area (Å²) in [6, 6.07) is 15.4. The highest BCUT2D eigenvalue weighted by Crippen LogP contribution is 2.30. The molecule has 2 aromatic carbocycles. The van der Waals surface area contributed by atoms with Gasteiger partial charge < -0.3 is 9.84 Å². The van der Waals surface area contributed by atoms with Gasteiger partial charge in [0.15, 0.2) is 5.76 Å².